The lowest BCUT2D eigenvalue weighted by Gasteiger charge is -2.21. The minimum atomic E-state index is -1.94. The van der Waals surface area contributed by atoms with Crippen LogP contribution in [0.2, 0.25) is 0 Å². The summed E-state index contributed by atoms with van der Waals surface area (Å²) in [6.07, 6.45) is 5.28. The van der Waals surface area contributed by atoms with Crippen LogP contribution in [0.3, 0.4) is 0 Å². The molecule has 3 atom stereocenters. The van der Waals surface area contributed by atoms with Crippen LogP contribution >= 0.6 is 0 Å². The number of amides is 2. The molecule has 19 heavy (non-hydrogen) atoms. The number of aliphatic carboxylic acids is 1. The number of hydrogen-bond donors (Lipinski definition) is 4. The molecule has 3 unspecified atom stereocenters. The molecule has 2 amide bonds. The van der Waals surface area contributed by atoms with Gasteiger partial charge in [-0.15, -0.1) is 0 Å². The summed E-state index contributed by atoms with van der Waals surface area (Å²) in [4.78, 5) is 22.3. The van der Waals surface area contributed by atoms with Crippen molar-refractivity contribution in [3.63, 3.8) is 0 Å². The van der Waals surface area contributed by atoms with E-state index in [1.165, 1.54) is 6.42 Å². The van der Waals surface area contributed by atoms with Crippen molar-refractivity contribution in [2.24, 2.45) is 5.92 Å². The summed E-state index contributed by atoms with van der Waals surface area (Å²) in [5.74, 6) is -0.654. The van der Waals surface area contributed by atoms with E-state index in [0.717, 1.165) is 32.6 Å². The third-order valence-corrected chi connectivity index (χ3v) is 3.65. The molecule has 0 aliphatic heterocycles. The second kappa shape index (κ2) is 6.75. The number of carbonyl (C=O) groups excluding carboxylic acids is 1. The van der Waals surface area contributed by atoms with Crippen LogP contribution in [-0.2, 0) is 4.79 Å². The van der Waals surface area contributed by atoms with Crippen LogP contribution in [0.25, 0.3) is 0 Å². The van der Waals surface area contributed by atoms with E-state index < -0.39 is 17.6 Å². The quantitative estimate of drug-likeness (QED) is 0.576. The zero-order valence-electron chi connectivity index (χ0n) is 11.6. The number of hydrogen-bond acceptors (Lipinski definition) is 3. The Hall–Kier alpha value is -1.30. The predicted molar refractivity (Wildman–Crippen MR) is 70.8 cm³/mol. The number of aliphatic hydroxyl groups is 1. The Morgan fingerprint density at radius 3 is 2.58 bits per heavy atom. The standard InChI is InChI=1S/C13H24N2O4/c1-9-4-3-5-10(7-6-9)15-12(18)14-8-13(2,19)11(16)17/h9-10,19H,3-8H2,1-2H3,(H,16,17)(H2,14,15,18). The van der Waals surface area contributed by atoms with E-state index in [4.69, 9.17) is 5.11 Å². The van der Waals surface area contributed by atoms with E-state index in [1.807, 2.05) is 0 Å². The molecule has 0 radical (unpaired) electrons. The molecule has 0 aromatic heterocycles. The highest BCUT2D eigenvalue weighted by molar-refractivity contribution is 5.79. The molecule has 1 saturated carbocycles. The SMILES string of the molecule is CC1CCCC(NC(=O)NCC(C)(O)C(=O)O)CC1. The molecular formula is C13H24N2O4. The topological polar surface area (TPSA) is 98.7 Å². The maximum Gasteiger partial charge on any atom is 0.337 e. The zero-order valence-corrected chi connectivity index (χ0v) is 11.6. The van der Waals surface area contributed by atoms with Crippen molar-refractivity contribution >= 4 is 12.0 Å². The molecule has 0 saturated heterocycles. The average Bonchev–Trinajstić information content (AvgIpc) is 2.52. The maximum absolute atomic E-state index is 11.6. The van der Waals surface area contributed by atoms with Crippen molar-refractivity contribution in [1.82, 2.24) is 10.6 Å². The summed E-state index contributed by atoms with van der Waals surface area (Å²) in [7, 11) is 0. The Bertz CT molecular complexity index is 331. The normalized spacial score (nSPS) is 26.9. The van der Waals surface area contributed by atoms with Gasteiger partial charge in [0.25, 0.3) is 0 Å². The number of rotatable bonds is 4. The van der Waals surface area contributed by atoms with Crippen LogP contribution in [0.5, 0.6) is 0 Å². The Morgan fingerprint density at radius 2 is 1.95 bits per heavy atom. The van der Waals surface area contributed by atoms with Gasteiger partial charge in [-0.05, 0) is 32.1 Å². The van der Waals surface area contributed by atoms with Gasteiger partial charge in [-0.1, -0.05) is 19.8 Å². The number of urea groups is 1. The van der Waals surface area contributed by atoms with E-state index in [2.05, 4.69) is 17.6 Å². The molecule has 6 heteroatoms. The minimum Gasteiger partial charge on any atom is -0.479 e. The lowest BCUT2D eigenvalue weighted by molar-refractivity contribution is -0.155. The van der Waals surface area contributed by atoms with Gasteiger partial charge >= 0.3 is 12.0 Å². The zero-order chi connectivity index (χ0) is 14.5. The molecule has 110 valence electrons. The molecule has 4 N–H and O–H groups in total. The summed E-state index contributed by atoms with van der Waals surface area (Å²) in [5, 5.41) is 23.4. The monoisotopic (exact) mass is 272 g/mol. The lowest BCUT2D eigenvalue weighted by atomic mass is 10.0. The minimum absolute atomic E-state index is 0.139. The smallest absolute Gasteiger partial charge is 0.337 e. The fourth-order valence-electron chi connectivity index (χ4n) is 2.20. The highest BCUT2D eigenvalue weighted by Crippen LogP contribution is 2.22. The van der Waals surface area contributed by atoms with Crippen molar-refractivity contribution in [2.75, 3.05) is 6.54 Å². The molecular weight excluding hydrogens is 248 g/mol. The summed E-state index contributed by atoms with van der Waals surface area (Å²) in [5.41, 5.74) is -1.94. The van der Waals surface area contributed by atoms with Gasteiger partial charge in [-0.3, -0.25) is 0 Å². The van der Waals surface area contributed by atoms with Crippen molar-refractivity contribution in [3.05, 3.63) is 0 Å². The van der Waals surface area contributed by atoms with Crippen LogP contribution in [0.1, 0.15) is 46.0 Å². The van der Waals surface area contributed by atoms with Crippen molar-refractivity contribution in [3.8, 4) is 0 Å². The molecule has 1 rings (SSSR count). The summed E-state index contributed by atoms with van der Waals surface area (Å²) >= 11 is 0. The molecule has 1 aliphatic carbocycles. The van der Waals surface area contributed by atoms with Crippen LogP contribution in [0, 0.1) is 5.92 Å². The molecule has 6 nitrogen and oxygen atoms in total. The van der Waals surface area contributed by atoms with Gasteiger partial charge in [0.15, 0.2) is 5.60 Å². The summed E-state index contributed by atoms with van der Waals surface area (Å²) < 4.78 is 0. The van der Waals surface area contributed by atoms with Gasteiger partial charge in [-0.2, -0.15) is 0 Å². The lowest BCUT2D eigenvalue weighted by Crippen LogP contribution is -2.50. The first kappa shape index (κ1) is 15.8. The molecule has 0 heterocycles. The van der Waals surface area contributed by atoms with Gasteiger partial charge < -0.3 is 20.8 Å². The Morgan fingerprint density at radius 1 is 1.26 bits per heavy atom. The van der Waals surface area contributed by atoms with Gasteiger partial charge in [0.1, 0.15) is 0 Å². The van der Waals surface area contributed by atoms with Crippen LogP contribution in [0.15, 0.2) is 0 Å². The van der Waals surface area contributed by atoms with Crippen LogP contribution in [0.4, 0.5) is 4.79 Å². The fourth-order valence-corrected chi connectivity index (χ4v) is 2.20. The molecule has 0 spiro atoms. The van der Waals surface area contributed by atoms with E-state index in [0.29, 0.717) is 5.92 Å². The third kappa shape index (κ3) is 5.46. The Balaban J connectivity index is 2.33. The second-order valence-corrected chi connectivity index (χ2v) is 5.72. The highest BCUT2D eigenvalue weighted by atomic mass is 16.4. The first-order valence-electron chi connectivity index (χ1n) is 6.81. The van der Waals surface area contributed by atoms with E-state index in [1.54, 1.807) is 0 Å². The number of nitrogens with one attached hydrogen (secondary N) is 2. The highest BCUT2D eigenvalue weighted by Gasteiger charge is 2.30. The predicted octanol–water partition coefficient (Wildman–Crippen LogP) is 1.09. The van der Waals surface area contributed by atoms with Crippen molar-refractivity contribution in [2.45, 2.75) is 57.6 Å². The molecule has 0 aromatic carbocycles. The number of carbonyl (C=O) groups is 2. The summed E-state index contributed by atoms with van der Waals surface area (Å²) in [6.45, 7) is 3.06. The molecule has 1 fully saturated rings. The van der Waals surface area contributed by atoms with Gasteiger partial charge in [0.05, 0.1) is 6.54 Å². The average molecular weight is 272 g/mol. The largest absolute Gasteiger partial charge is 0.479 e. The first-order chi connectivity index (χ1) is 8.81. The van der Waals surface area contributed by atoms with Gasteiger partial charge in [0.2, 0.25) is 0 Å². The molecule has 0 bridgehead atoms. The third-order valence-electron chi connectivity index (χ3n) is 3.65. The van der Waals surface area contributed by atoms with Crippen molar-refractivity contribution in [1.29, 1.82) is 0 Å². The van der Waals surface area contributed by atoms with Crippen LogP contribution in [-0.4, -0.2) is 40.4 Å². The van der Waals surface area contributed by atoms with Crippen molar-refractivity contribution < 1.29 is 19.8 Å². The first-order valence-corrected chi connectivity index (χ1v) is 6.81. The molecule has 1 aliphatic rings. The Kier molecular flexibility index (Phi) is 5.60. The molecule has 0 aromatic rings. The van der Waals surface area contributed by atoms with Gasteiger partial charge in [0, 0.05) is 6.04 Å². The van der Waals surface area contributed by atoms with E-state index in [9.17, 15) is 14.7 Å². The Labute approximate surface area is 113 Å². The fraction of sp³-hybridized carbons (Fsp3) is 0.846. The summed E-state index contributed by atoms with van der Waals surface area (Å²) in [6, 6.07) is -0.277. The van der Waals surface area contributed by atoms with E-state index >= 15 is 0 Å². The maximum atomic E-state index is 11.6. The van der Waals surface area contributed by atoms with E-state index in [-0.39, 0.29) is 12.6 Å². The number of carboxylic acid groups (broad SMARTS) is 1. The number of carboxylic acids is 1. The van der Waals surface area contributed by atoms with Crippen LogP contribution < -0.4 is 10.6 Å². The van der Waals surface area contributed by atoms with Gasteiger partial charge in [-0.25, -0.2) is 9.59 Å². The second-order valence-electron chi connectivity index (χ2n) is 5.72.